The molecule has 3 aromatic rings. The first-order valence-electron chi connectivity index (χ1n) is 7.92. The van der Waals surface area contributed by atoms with E-state index in [0.29, 0.717) is 5.69 Å². The Kier molecular flexibility index (Phi) is 5.08. The third-order valence-electron chi connectivity index (χ3n) is 3.84. The number of carbonyl (C=O) groups excluding carboxylic acids is 2. The molecule has 0 fully saturated rings. The van der Waals surface area contributed by atoms with Gasteiger partial charge in [0.1, 0.15) is 5.82 Å². The lowest BCUT2D eigenvalue weighted by molar-refractivity contribution is -0.111. The molecule has 0 saturated heterocycles. The fourth-order valence-corrected chi connectivity index (χ4v) is 2.57. The highest BCUT2D eigenvalue weighted by atomic mass is 19.1. The molecule has 130 valence electrons. The molecule has 0 aromatic heterocycles. The fourth-order valence-electron chi connectivity index (χ4n) is 2.57. The number of halogens is 1. The largest absolute Gasteiger partial charge is 0.465 e. The first-order chi connectivity index (χ1) is 12.6. The number of hydrogen-bond acceptors (Lipinski definition) is 3. The first-order valence-corrected chi connectivity index (χ1v) is 7.92. The predicted molar refractivity (Wildman–Crippen MR) is 99.4 cm³/mol. The van der Waals surface area contributed by atoms with Gasteiger partial charge in [-0.2, -0.15) is 0 Å². The van der Waals surface area contributed by atoms with E-state index in [1.165, 1.54) is 25.3 Å². The van der Waals surface area contributed by atoms with Gasteiger partial charge in [0, 0.05) is 6.08 Å². The normalized spacial score (nSPS) is 10.8. The van der Waals surface area contributed by atoms with Gasteiger partial charge in [-0.15, -0.1) is 0 Å². The van der Waals surface area contributed by atoms with Gasteiger partial charge in [0.15, 0.2) is 0 Å². The number of para-hydroxylation sites is 1. The molecule has 0 radical (unpaired) electrons. The van der Waals surface area contributed by atoms with Crippen molar-refractivity contribution in [3.8, 4) is 0 Å². The fraction of sp³-hybridized carbons (Fsp3) is 0.0476. The minimum Gasteiger partial charge on any atom is -0.465 e. The van der Waals surface area contributed by atoms with Crippen molar-refractivity contribution in [2.75, 3.05) is 12.4 Å². The summed E-state index contributed by atoms with van der Waals surface area (Å²) in [4.78, 5) is 23.9. The van der Waals surface area contributed by atoms with Crippen molar-refractivity contribution in [2.45, 2.75) is 0 Å². The third-order valence-corrected chi connectivity index (χ3v) is 3.84. The average Bonchev–Trinajstić information content (AvgIpc) is 2.66. The quantitative estimate of drug-likeness (QED) is 0.560. The third kappa shape index (κ3) is 3.95. The SMILES string of the molecule is COC(=O)c1ccccc1NC(=O)C=Cc1ccc2cc(F)ccc2c1. The number of fused-ring (bicyclic) bond motifs is 1. The van der Waals surface area contributed by atoms with Crippen LogP contribution >= 0.6 is 0 Å². The van der Waals surface area contributed by atoms with Crippen LogP contribution in [0.4, 0.5) is 10.1 Å². The molecular formula is C21H16FNO3. The van der Waals surface area contributed by atoms with Crippen LogP contribution in [0.1, 0.15) is 15.9 Å². The number of rotatable bonds is 4. The van der Waals surface area contributed by atoms with Crippen LogP contribution in [0.5, 0.6) is 0 Å². The highest BCUT2D eigenvalue weighted by Gasteiger charge is 2.11. The van der Waals surface area contributed by atoms with Crippen molar-refractivity contribution in [2.24, 2.45) is 0 Å². The summed E-state index contributed by atoms with van der Waals surface area (Å²) in [6.45, 7) is 0. The van der Waals surface area contributed by atoms with E-state index in [2.05, 4.69) is 5.32 Å². The molecule has 26 heavy (non-hydrogen) atoms. The summed E-state index contributed by atoms with van der Waals surface area (Å²) in [5.41, 5.74) is 1.47. The monoisotopic (exact) mass is 349 g/mol. The topological polar surface area (TPSA) is 55.4 Å². The molecule has 0 atom stereocenters. The van der Waals surface area contributed by atoms with E-state index in [0.717, 1.165) is 16.3 Å². The lowest BCUT2D eigenvalue weighted by Gasteiger charge is -2.07. The molecular weight excluding hydrogens is 333 g/mol. The Morgan fingerprint density at radius 3 is 2.54 bits per heavy atom. The molecule has 1 N–H and O–H groups in total. The van der Waals surface area contributed by atoms with Crippen molar-refractivity contribution >= 4 is 34.4 Å². The molecule has 0 saturated carbocycles. The number of nitrogens with one attached hydrogen (secondary N) is 1. The van der Waals surface area contributed by atoms with Crippen LogP contribution in [0.2, 0.25) is 0 Å². The summed E-state index contributed by atoms with van der Waals surface area (Å²) < 4.78 is 17.9. The second kappa shape index (κ2) is 7.61. The maximum Gasteiger partial charge on any atom is 0.339 e. The number of amides is 1. The zero-order chi connectivity index (χ0) is 18.5. The van der Waals surface area contributed by atoms with E-state index in [9.17, 15) is 14.0 Å². The second-order valence-electron chi connectivity index (χ2n) is 5.61. The number of ether oxygens (including phenoxy) is 1. The van der Waals surface area contributed by atoms with Gasteiger partial charge in [0.05, 0.1) is 18.4 Å². The lowest BCUT2D eigenvalue weighted by Crippen LogP contribution is -2.12. The summed E-state index contributed by atoms with van der Waals surface area (Å²) in [6.07, 6.45) is 3.03. The Labute approximate surface area is 149 Å². The zero-order valence-electron chi connectivity index (χ0n) is 14.0. The van der Waals surface area contributed by atoms with Gasteiger partial charge in [-0.1, -0.05) is 30.3 Å². The minimum absolute atomic E-state index is 0.282. The number of anilines is 1. The Morgan fingerprint density at radius 1 is 1.00 bits per heavy atom. The highest BCUT2D eigenvalue weighted by Crippen LogP contribution is 2.19. The Bertz CT molecular complexity index is 1010. The zero-order valence-corrected chi connectivity index (χ0v) is 14.0. The molecule has 0 aliphatic rings. The standard InChI is InChI=1S/C21H16FNO3/c1-26-21(25)18-4-2-3-5-19(18)23-20(24)11-7-14-6-8-16-13-17(22)10-9-15(16)12-14/h2-13H,1H3,(H,23,24). The summed E-state index contributed by atoms with van der Waals surface area (Å²) in [7, 11) is 1.28. The number of carbonyl (C=O) groups is 2. The molecule has 3 rings (SSSR count). The summed E-state index contributed by atoms with van der Waals surface area (Å²) in [6, 6.07) is 16.6. The van der Waals surface area contributed by atoms with E-state index in [1.807, 2.05) is 6.07 Å². The molecule has 0 bridgehead atoms. The van der Waals surface area contributed by atoms with E-state index in [4.69, 9.17) is 4.74 Å². The summed E-state index contributed by atoms with van der Waals surface area (Å²) in [5, 5.41) is 4.33. The predicted octanol–water partition coefficient (Wildman–Crippen LogP) is 4.42. The van der Waals surface area contributed by atoms with Crippen LogP contribution < -0.4 is 5.32 Å². The van der Waals surface area contributed by atoms with Gasteiger partial charge in [-0.25, -0.2) is 9.18 Å². The van der Waals surface area contributed by atoms with Crippen molar-refractivity contribution in [1.82, 2.24) is 0 Å². The summed E-state index contributed by atoms with van der Waals surface area (Å²) >= 11 is 0. The molecule has 5 heteroatoms. The van der Waals surface area contributed by atoms with E-state index in [1.54, 1.807) is 48.5 Å². The number of esters is 1. The molecule has 4 nitrogen and oxygen atoms in total. The van der Waals surface area contributed by atoms with E-state index in [-0.39, 0.29) is 17.3 Å². The number of hydrogen-bond donors (Lipinski definition) is 1. The smallest absolute Gasteiger partial charge is 0.339 e. The summed E-state index contributed by atoms with van der Waals surface area (Å²) in [5.74, 6) is -1.18. The Balaban J connectivity index is 1.76. The van der Waals surface area contributed by atoms with E-state index < -0.39 is 5.97 Å². The van der Waals surface area contributed by atoms with Gasteiger partial charge < -0.3 is 10.1 Å². The Hall–Kier alpha value is -3.47. The molecule has 0 heterocycles. The molecule has 1 amide bonds. The number of methoxy groups -OCH3 is 1. The Morgan fingerprint density at radius 2 is 1.73 bits per heavy atom. The maximum atomic E-state index is 13.2. The van der Waals surface area contributed by atoms with Crippen molar-refractivity contribution in [3.05, 3.63) is 83.7 Å². The van der Waals surface area contributed by atoms with E-state index >= 15 is 0 Å². The maximum absolute atomic E-state index is 13.2. The highest BCUT2D eigenvalue weighted by molar-refractivity contribution is 6.06. The minimum atomic E-state index is -0.522. The second-order valence-corrected chi connectivity index (χ2v) is 5.61. The van der Waals surface area contributed by atoms with Crippen molar-refractivity contribution in [3.63, 3.8) is 0 Å². The molecule has 3 aromatic carbocycles. The molecule has 0 spiro atoms. The van der Waals surface area contributed by atoms with Crippen molar-refractivity contribution < 1.29 is 18.7 Å². The van der Waals surface area contributed by atoms with Gasteiger partial charge in [0.2, 0.25) is 5.91 Å². The van der Waals surface area contributed by atoms with Crippen LogP contribution in [0.25, 0.3) is 16.8 Å². The van der Waals surface area contributed by atoms with Crippen molar-refractivity contribution in [1.29, 1.82) is 0 Å². The first kappa shape index (κ1) is 17.4. The molecule has 0 aliphatic heterocycles. The average molecular weight is 349 g/mol. The van der Waals surface area contributed by atoms with Gasteiger partial charge in [-0.05, 0) is 52.7 Å². The van der Waals surface area contributed by atoms with Crippen LogP contribution in [0, 0.1) is 5.82 Å². The number of benzene rings is 3. The van der Waals surface area contributed by atoms with Gasteiger partial charge in [-0.3, -0.25) is 4.79 Å². The lowest BCUT2D eigenvalue weighted by atomic mass is 10.1. The van der Waals surface area contributed by atoms with Crippen LogP contribution in [-0.4, -0.2) is 19.0 Å². The van der Waals surface area contributed by atoms with Gasteiger partial charge in [0.25, 0.3) is 0 Å². The van der Waals surface area contributed by atoms with Gasteiger partial charge >= 0.3 is 5.97 Å². The van der Waals surface area contributed by atoms with Crippen LogP contribution in [0.3, 0.4) is 0 Å². The van der Waals surface area contributed by atoms with Crippen LogP contribution in [0.15, 0.2) is 66.7 Å². The molecule has 0 unspecified atom stereocenters. The molecule has 0 aliphatic carbocycles. The van der Waals surface area contributed by atoms with Crippen LogP contribution in [-0.2, 0) is 9.53 Å².